The number of ether oxygens (including phenoxy) is 2. The number of carbonyl (C=O) groups is 2. The molecule has 1 aromatic carbocycles. The van der Waals surface area contributed by atoms with Gasteiger partial charge < -0.3 is 19.7 Å². The van der Waals surface area contributed by atoms with Crippen LogP contribution in [0.2, 0.25) is 0 Å². The first kappa shape index (κ1) is 19.8. The average Bonchev–Trinajstić information content (AvgIpc) is 3.20. The van der Waals surface area contributed by atoms with Crippen LogP contribution < -0.4 is 5.32 Å². The molecule has 1 unspecified atom stereocenters. The minimum atomic E-state index is -0.613. The molecule has 27 heavy (non-hydrogen) atoms. The van der Waals surface area contributed by atoms with Crippen LogP contribution in [-0.2, 0) is 14.3 Å². The normalized spacial score (nSPS) is 20.1. The molecule has 1 aromatic rings. The number of carbonyl (C=O) groups excluding carboxylic acids is 2. The van der Waals surface area contributed by atoms with Crippen molar-refractivity contribution in [3.05, 3.63) is 35.6 Å². The molecule has 2 fully saturated rings. The quantitative estimate of drug-likeness (QED) is 0.853. The Kier molecular flexibility index (Phi) is 6.44. The van der Waals surface area contributed by atoms with Crippen LogP contribution in [0.4, 0.5) is 4.39 Å². The third kappa shape index (κ3) is 4.84. The molecule has 3 rings (SSSR count). The summed E-state index contributed by atoms with van der Waals surface area (Å²) < 4.78 is 24.2. The van der Waals surface area contributed by atoms with Crippen molar-refractivity contribution in [3.8, 4) is 0 Å². The lowest BCUT2D eigenvalue weighted by molar-refractivity contribution is -0.139. The Morgan fingerprint density at radius 2 is 1.70 bits per heavy atom. The van der Waals surface area contributed by atoms with Gasteiger partial charge in [0, 0.05) is 24.6 Å². The highest BCUT2D eigenvalue weighted by Crippen LogP contribution is 2.26. The zero-order valence-corrected chi connectivity index (χ0v) is 15.8. The number of likely N-dealkylation sites (tertiary alicyclic amines) is 1. The molecule has 0 saturated carbocycles. The zero-order valence-electron chi connectivity index (χ0n) is 15.8. The second kappa shape index (κ2) is 8.80. The van der Waals surface area contributed by atoms with Gasteiger partial charge in [-0.15, -0.1) is 0 Å². The maximum absolute atomic E-state index is 13.0. The Morgan fingerprint density at radius 1 is 1.11 bits per heavy atom. The van der Waals surface area contributed by atoms with E-state index in [4.69, 9.17) is 9.47 Å². The molecule has 2 saturated heterocycles. The number of nitrogens with one attached hydrogen (secondary N) is 1. The molecule has 0 aliphatic carbocycles. The lowest BCUT2D eigenvalue weighted by Gasteiger charge is -2.36. The van der Waals surface area contributed by atoms with E-state index < -0.39 is 11.9 Å². The summed E-state index contributed by atoms with van der Waals surface area (Å²) in [6, 6.07) is 4.69. The number of piperidine rings is 1. The Balaban J connectivity index is 1.58. The number of hydrogen-bond acceptors (Lipinski definition) is 4. The highest BCUT2D eigenvalue weighted by Gasteiger charge is 2.35. The fraction of sp³-hybridized carbons (Fsp3) is 0.600. The summed E-state index contributed by atoms with van der Waals surface area (Å²) in [6.07, 6.45) is 1.50. The van der Waals surface area contributed by atoms with Crippen molar-refractivity contribution in [2.75, 3.05) is 26.3 Å². The first-order valence-electron chi connectivity index (χ1n) is 9.54. The predicted molar refractivity (Wildman–Crippen MR) is 97.5 cm³/mol. The fourth-order valence-corrected chi connectivity index (χ4v) is 3.58. The summed E-state index contributed by atoms with van der Waals surface area (Å²) in [7, 11) is 0. The smallest absolute Gasteiger partial charge is 0.251 e. The summed E-state index contributed by atoms with van der Waals surface area (Å²) >= 11 is 0. The third-order valence-electron chi connectivity index (χ3n) is 5.21. The molecule has 0 aromatic heterocycles. The van der Waals surface area contributed by atoms with E-state index in [1.165, 1.54) is 24.3 Å². The van der Waals surface area contributed by atoms with Gasteiger partial charge in [0.1, 0.15) is 11.9 Å². The van der Waals surface area contributed by atoms with E-state index in [1.54, 1.807) is 4.90 Å². The SMILES string of the molecule is CC(C)C(NC(=O)c1ccc(F)cc1)C(=O)N1CCC(C2OCCO2)CC1. The van der Waals surface area contributed by atoms with Gasteiger partial charge in [-0.3, -0.25) is 9.59 Å². The Labute approximate surface area is 159 Å². The molecule has 7 heteroatoms. The van der Waals surface area contributed by atoms with Gasteiger partial charge in [-0.25, -0.2) is 4.39 Å². The van der Waals surface area contributed by atoms with Crippen molar-refractivity contribution in [2.24, 2.45) is 11.8 Å². The Bertz CT molecular complexity index is 650. The fourth-order valence-electron chi connectivity index (χ4n) is 3.58. The molecule has 2 aliphatic heterocycles. The van der Waals surface area contributed by atoms with Gasteiger partial charge in [0.15, 0.2) is 6.29 Å². The first-order chi connectivity index (χ1) is 13.0. The van der Waals surface area contributed by atoms with E-state index in [0.717, 1.165) is 12.8 Å². The standard InChI is InChI=1S/C20H27FN2O4/c1-13(2)17(22-18(24)14-3-5-16(21)6-4-14)19(25)23-9-7-15(8-10-23)20-26-11-12-27-20/h3-6,13,15,17,20H,7-12H2,1-2H3,(H,22,24). The number of nitrogens with zero attached hydrogens (tertiary/aromatic N) is 1. The van der Waals surface area contributed by atoms with Gasteiger partial charge in [0.05, 0.1) is 13.2 Å². The summed E-state index contributed by atoms with van der Waals surface area (Å²) in [6.45, 7) is 6.33. The summed E-state index contributed by atoms with van der Waals surface area (Å²) in [5, 5.41) is 2.81. The van der Waals surface area contributed by atoms with E-state index in [0.29, 0.717) is 37.8 Å². The molecule has 0 bridgehead atoms. The van der Waals surface area contributed by atoms with Crippen LogP contribution in [0.3, 0.4) is 0 Å². The predicted octanol–water partition coefficient (Wildman–Crippen LogP) is 2.19. The van der Waals surface area contributed by atoms with Gasteiger partial charge in [-0.2, -0.15) is 0 Å². The molecular formula is C20H27FN2O4. The molecule has 2 amide bonds. The Hall–Kier alpha value is -1.99. The number of benzene rings is 1. The van der Waals surface area contributed by atoms with Crippen molar-refractivity contribution >= 4 is 11.8 Å². The van der Waals surface area contributed by atoms with Gasteiger partial charge in [-0.05, 0) is 43.0 Å². The highest BCUT2D eigenvalue weighted by atomic mass is 19.1. The van der Waals surface area contributed by atoms with Crippen molar-refractivity contribution in [1.82, 2.24) is 10.2 Å². The molecule has 0 spiro atoms. The van der Waals surface area contributed by atoms with Crippen molar-refractivity contribution in [2.45, 2.75) is 39.0 Å². The second-order valence-corrected chi connectivity index (χ2v) is 7.47. The van der Waals surface area contributed by atoms with Crippen LogP contribution in [0.15, 0.2) is 24.3 Å². The molecule has 0 radical (unpaired) electrons. The maximum atomic E-state index is 13.0. The maximum Gasteiger partial charge on any atom is 0.251 e. The molecule has 2 aliphatic rings. The van der Waals surface area contributed by atoms with Gasteiger partial charge in [-0.1, -0.05) is 13.8 Å². The van der Waals surface area contributed by atoms with E-state index in [1.807, 2.05) is 13.8 Å². The monoisotopic (exact) mass is 378 g/mol. The van der Waals surface area contributed by atoms with Crippen LogP contribution in [-0.4, -0.2) is 55.3 Å². The number of amides is 2. The van der Waals surface area contributed by atoms with E-state index in [2.05, 4.69) is 5.32 Å². The molecule has 1 N–H and O–H groups in total. The first-order valence-corrected chi connectivity index (χ1v) is 9.54. The second-order valence-electron chi connectivity index (χ2n) is 7.47. The number of hydrogen-bond donors (Lipinski definition) is 1. The van der Waals surface area contributed by atoms with Crippen LogP contribution >= 0.6 is 0 Å². The van der Waals surface area contributed by atoms with Crippen molar-refractivity contribution in [3.63, 3.8) is 0 Å². The topological polar surface area (TPSA) is 67.9 Å². The van der Waals surface area contributed by atoms with Crippen LogP contribution in [0, 0.1) is 17.7 Å². The van der Waals surface area contributed by atoms with Gasteiger partial charge in [0.25, 0.3) is 5.91 Å². The minimum Gasteiger partial charge on any atom is -0.350 e. The van der Waals surface area contributed by atoms with E-state index in [9.17, 15) is 14.0 Å². The third-order valence-corrected chi connectivity index (χ3v) is 5.21. The lowest BCUT2D eigenvalue weighted by atomic mass is 9.94. The van der Waals surface area contributed by atoms with Crippen LogP contribution in [0.25, 0.3) is 0 Å². The highest BCUT2D eigenvalue weighted by molar-refractivity contribution is 5.97. The minimum absolute atomic E-state index is 0.0545. The van der Waals surface area contributed by atoms with Crippen LogP contribution in [0.1, 0.15) is 37.0 Å². The Morgan fingerprint density at radius 3 is 2.26 bits per heavy atom. The average molecular weight is 378 g/mol. The van der Waals surface area contributed by atoms with E-state index in [-0.39, 0.29) is 24.0 Å². The summed E-state index contributed by atoms with van der Waals surface area (Å²) in [5.74, 6) is -0.595. The van der Waals surface area contributed by atoms with E-state index >= 15 is 0 Å². The van der Waals surface area contributed by atoms with Gasteiger partial charge in [0.2, 0.25) is 5.91 Å². The number of rotatable bonds is 5. The number of halogens is 1. The van der Waals surface area contributed by atoms with Crippen LogP contribution in [0.5, 0.6) is 0 Å². The zero-order chi connectivity index (χ0) is 19.4. The largest absolute Gasteiger partial charge is 0.350 e. The molecule has 6 nitrogen and oxygen atoms in total. The summed E-state index contributed by atoms with van der Waals surface area (Å²) in [5.41, 5.74) is 0.337. The lowest BCUT2D eigenvalue weighted by Crippen LogP contribution is -2.53. The van der Waals surface area contributed by atoms with Crippen molar-refractivity contribution in [1.29, 1.82) is 0 Å². The van der Waals surface area contributed by atoms with Gasteiger partial charge >= 0.3 is 0 Å². The molecule has 2 heterocycles. The molecule has 148 valence electrons. The molecular weight excluding hydrogens is 351 g/mol. The summed E-state index contributed by atoms with van der Waals surface area (Å²) in [4.78, 5) is 27.2. The molecule has 1 atom stereocenters. The van der Waals surface area contributed by atoms with Crippen molar-refractivity contribution < 1.29 is 23.5 Å².